The van der Waals surface area contributed by atoms with Crippen LogP contribution in [0.4, 0.5) is 5.69 Å². The van der Waals surface area contributed by atoms with Crippen molar-refractivity contribution in [1.29, 1.82) is 0 Å². The fourth-order valence-corrected chi connectivity index (χ4v) is 13.4. The molecule has 1 aliphatic carbocycles. The van der Waals surface area contributed by atoms with Crippen LogP contribution < -0.4 is 9.64 Å². The minimum atomic E-state index is -1.51. The molecular formula is C45H59N4O8. The first-order valence-electron chi connectivity index (χ1n) is 20.7. The molecule has 2 bridgehead atoms. The van der Waals surface area contributed by atoms with Crippen LogP contribution in [0.2, 0.25) is 0 Å². The lowest BCUT2D eigenvalue weighted by atomic mass is 9.48. The maximum Gasteiger partial charge on any atom is 0.322 e. The number of rotatable bonds is 9. The number of para-hydroxylation sites is 1. The molecule has 6 aliphatic rings. The third kappa shape index (κ3) is 5.14. The number of ether oxygens (including phenoxy) is 3. The average Bonchev–Trinajstić information content (AvgIpc) is 3.88. The molecule has 5 aliphatic heterocycles. The zero-order valence-electron chi connectivity index (χ0n) is 34.5. The number of nitrogens with one attached hydrogen (secondary N) is 1. The molecule has 2 aromatic carbocycles. The number of aromatic nitrogens is 1. The van der Waals surface area contributed by atoms with E-state index in [0.29, 0.717) is 38.1 Å². The highest BCUT2D eigenvalue weighted by atomic mass is 17.2. The summed E-state index contributed by atoms with van der Waals surface area (Å²) in [6.07, 6.45) is 9.09. The van der Waals surface area contributed by atoms with Gasteiger partial charge in [0.15, 0.2) is 0 Å². The monoisotopic (exact) mass is 783 g/mol. The van der Waals surface area contributed by atoms with Crippen LogP contribution in [0.25, 0.3) is 10.9 Å². The molecule has 3 aromatic rings. The second-order valence-electron chi connectivity index (χ2n) is 17.7. The van der Waals surface area contributed by atoms with Crippen molar-refractivity contribution < 1.29 is 39.0 Å². The van der Waals surface area contributed by atoms with Gasteiger partial charge in [-0.2, -0.15) is 0 Å². The van der Waals surface area contributed by atoms with Crippen molar-refractivity contribution in [1.82, 2.24) is 14.8 Å². The Morgan fingerprint density at radius 3 is 2.54 bits per heavy atom. The minimum absolute atomic E-state index is 0.0271. The predicted molar refractivity (Wildman–Crippen MR) is 216 cm³/mol. The van der Waals surface area contributed by atoms with Crippen molar-refractivity contribution in [2.24, 2.45) is 11.3 Å². The Morgan fingerprint density at radius 2 is 1.82 bits per heavy atom. The molecule has 1 saturated carbocycles. The number of fused-ring (bicyclic) bond motifs is 6. The summed E-state index contributed by atoms with van der Waals surface area (Å²) < 4.78 is 18.8. The molecule has 0 amide bonds. The van der Waals surface area contributed by atoms with E-state index in [1.54, 1.807) is 14.2 Å². The molecule has 1 aromatic heterocycles. The van der Waals surface area contributed by atoms with Gasteiger partial charge in [0.05, 0.1) is 33.0 Å². The molecule has 10 unspecified atom stereocenters. The number of likely N-dealkylation sites (N-methyl/N-ethyl adjacent to an activating group) is 1. The molecule has 57 heavy (non-hydrogen) atoms. The summed E-state index contributed by atoms with van der Waals surface area (Å²) in [6.45, 7) is 7.73. The van der Waals surface area contributed by atoms with Gasteiger partial charge in [0.25, 0.3) is 0 Å². The first kappa shape index (κ1) is 39.0. The first-order chi connectivity index (χ1) is 27.4. The Balaban J connectivity index is 1.35. The van der Waals surface area contributed by atoms with Crippen LogP contribution in [0.5, 0.6) is 5.75 Å². The Labute approximate surface area is 335 Å². The predicted octanol–water partition coefficient (Wildman–Crippen LogP) is 4.29. The maximum absolute atomic E-state index is 15.3. The fraction of sp³-hybridized carbons (Fsp3) is 0.600. The van der Waals surface area contributed by atoms with E-state index in [0.717, 1.165) is 71.5 Å². The molecule has 3 fully saturated rings. The maximum atomic E-state index is 15.3. The van der Waals surface area contributed by atoms with E-state index in [-0.39, 0.29) is 24.5 Å². The van der Waals surface area contributed by atoms with Crippen molar-refractivity contribution in [3.8, 4) is 5.75 Å². The number of piperidine rings is 1. The smallest absolute Gasteiger partial charge is 0.322 e. The molecule has 10 atom stereocenters. The Kier molecular flexibility index (Phi) is 9.44. The lowest BCUT2D eigenvalue weighted by Gasteiger charge is -2.64. The summed E-state index contributed by atoms with van der Waals surface area (Å²) in [6, 6.07) is 12.1. The van der Waals surface area contributed by atoms with E-state index >= 15 is 4.79 Å². The van der Waals surface area contributed by atoms with Crippen LogP contribution in [0.3, 0.4) is 0 Å². The normalized spacial score (nSPS) is 38.1. The number of anilines is 1. The van der Waals surface area contributed by atoms with Crippen molar-refractivity contribution in [2.45, 2.75) is 86.2 Å². The highest BCUT2D eigenvalue weighted by Gasteiger charge is 2.77. The van der Waals surface area contributed by atoms with Crippen molar-refractivity contribution >= 4 is 22.6 Å². The summed E-state index contributed by atoms with van der Waals surface area (Å²) in [5.74, 6) is 0.0211. The third-order valence-corrected chi connectivity index (χ3v) is 15.3. The van der Waals surface area contributed by atoms with Gasteiger partial charge in [-0.1, -0.05) is 44.2 Å². The van der Waals surface area contributed by atoms with Gasteiger partial charge in [-0.25, -0.2) is 9.78 Å². The van der Waals surface area contributed by atoms with Crippen molar-refractivity contribution in [3.63, 3.8) is 0 Å². The number of benzene rings is 2. The van der Waals surface area contributed by atoms with Gasteiger partial charge in [-0.05, 0) is 74.2 Å². The lowest BCUT2D eigenvalue weighted by Crippen LogP contribution is -2.80. The number of nitrogens with zero attached hydrogens (tertiary/aromatic N) is 3. The number of aliphatic hydroxyl groups is 2. The van der Waals surface area contributed by atoms with Crippen LogP contribution in [0.15, 0.2) is 48.6 Å². The van der Waals surface area contributed by atoms with E-state index in [9.17, 15) is 10.2 Å². The van der Waals surface area contributed by atoms with Gasteiger partial charge in [0.2, 0.25) is 0 Å². The largest absolute Gasteiger partial charge is 0.496 e. The second kappa shape index (κ2) is 13.8. The Hall–Kier alpha value is -3.49. The number of methoxy groups -OCH3 is 3. The molecule has 1 radical (unpaired) electrons. The first-order valence-corrected chi connectivity index (χ1v) is 20.7. The Morgan fingerprint density at radius 1 is 1.02 bits per heavy atom. The van der Waals surface area contributed by atoms with Gasteiger partial charge in [-0.15, -0.1) is 0 Å². The summed E-state index contributed by atoms with van der Waals surface area (Å²) in [7, 11) is 8.34. The van der Waals surface area contributed by atoms with E-state index < -0.39 is 39.6 Å². The van der Waals surface area contributed by atoms with Crippen molar-refractivity contribution in [3.05, 3.63) is 77.4 Å². The Bertz CT molecular complexity index is 2090. The number of hydrogen-bond acceptors (Lipinski definition) is 11. The molecule has 12 heteroatoms. The van der Waals surface area contributed by atoms with E-state index in [1.165, 1.54) is 14.2 Å². The summed E-state index contributed by atoms with van der Waals surface area (Å²) in [4.78, 5) is 37.1. The number of aromatic amines is 1. The second-order valence-corrected chi connectivity index (χ2v) is 17.7. The molecule has 1 spiro atoms. The summed E-state index contributed by atoms with van der Waals surface area (Å²) in [5.41, 5.74) is 0.514. The van der Waals surface area contributed by atoms with Gasteiger partial charge in [0, 0.05) is 91.1 Å². The zero-order valence-corrected chi connectivity index (χ0v) is 34.5. The van der Waals surface area contributed by atoms with Crippen LogP contribution in [-0.2, 0) is 41.3 Å². The number of H-pyrrole nitrogens is 1. The molecule has 12 nitrogen and oxygen atoms in total. The van der Waals surface area contributed by atoms with Crippen molar-refractivity contribution in [2.75, 3.05) is 79.7 Å². The number of carbonyl (C=O) groups excluding carboxylic acids is 1. The van der Waals surface area contributed by atoms with E-state index in [4.69, 9.17) is 24.0 Å². The quantitative estimate of drug-likeness (QED) is 0.125. The van der Waals surface area contributed by atoms with E-state index in [2.05, 4.69) is 69.4 Å². The summed E-state index contributed by atoms with van der Waals surface area (Å²) in [5, 5.41) is 26.4. The minimum Gasteiger partial charge on any atom is -0.496 e. The van der Waals surface area contributed by atoms with Crippen LogP contribution in [0, 0.1) is 17.8 Å². The topological polar surface area (TPSA) is 129 Å². The molecule has 6 heterocycles. The lowest BCUT2D eigenvalue weighted by molar-refractivity contribution is -0.325. The molecule has 2 saturated heterocycles. The number of hydrogen-bond donors (Lipinski definition) is 3. The van der Waals surface area contributed by atoms with Gasteiger partial charge in [0.1, 0.15) is 29.5 Å². The molecule has 3 N–H and O–H groups in total. The van der Waals surface area contributed by atoms with Crippen LogP contribution in [-0.4, -0.2) is 135 Å². The summed E-state index contributed by atoms with van der Waals surface area (Å²) >= 11 is 0. The molecule has 9 rings (SSSR count). The number of carbonyl (C=O) groups is 1. The molecule has 307 valence electrons. The van der Waals surface area contributed by atoms with Crippen LogP contribution in [0.1, 0.15) is 61.9 Å². The highest BCUT2D eigenvalue weighted by Crippen LogP contribution is 2.68. The standard InChI is InChI=1S/C45H59N4O8/c1-8-41(51)23-28-24-44(40(50)55-6,36-30(15-19-48(25-28)26-41)29-13-10-11-14-33(29)46-36)32-21-31-34(22-35(32)53-4)47(3)38-43(31)17-20-49-18-12-16-42(9-2,37(43)49)39(54-5)45(38,52)27-57-56-7/h10-14,16,21-23,28,37-39,46,51-52H,8-9,15,17-20,24-27H2,1-7H3. The number of esters is 1. The highest BCUT2D eigenvalue weighted by molar-refractivity contribution is 5.94. The average molecular weight is 784 g/mol. The van der Waals surface area contributed by atoms with E-state index in [1.807, 2.05) is 26.1 Å². The fourth-order valence-electron chi connectivity index (χ4n) is 13.4. The SMILES string of the molecule is CCC1(O)[CH]C2CN(CCc3c([nH]c4ccccc34)C(C(=O)OC)(c3cc4c(cc3OC)N(C)C3C(O)(COOC)C(OC)C5(CC)C=CCN6CCC43C65)C2)C1. The van der Waals surface area contributed by atoms with Gasteiger partial charge in [-0.3, -0.25) is 14.6 Å². The van der Waals surface area contributed by atoms with Crippen LogP contribution >= 0.6 is 0 Å². The van der Waals surface area contributed by atoms with Gasteiger partial charge >= 0.3 is 5.97 Å². The zero-order chi connectivity index (χ0) is 40.1. The van der Waals surface area contributed by atoms with Gasteiger partial charge < -0.3 is 34.3 Å². The third-order valence-electron chi connectivity index (χ3n) is 15.3. The molecular weight excluding hydrogens is 725 g/mol.